The molecule has 120 valence electrons. The minimum atomic E-state index is -0.679. The van der Waals surface area contributed by atoms with Crippen molar-refractivity contribution in [2.24, 2.45) is 0 Å². The van der Waals surface area contributed by atoms with Crippen molar-refractivity contribution >= 4 is 11.8 Å². The van der Waals surface area contributed by atoms with Crippen LogP contribution in [0.1, 0.15) is 26.3 Å². The van der Waals surface area contributed by atoms with E-state index >= 15 is 0 Å². The molecule has 0 aliphatic carbocycles. The lowest BCUT2D eigenvalue weighted by Gasteiger charge is -2.14. The first kappa shape index (κ1) is 16.4. The van der Waals surface area contributed by atoms with Crippen LogP contribution in [-0.4, -0.2) is 38.2 Å². The lowest BCUT2D eigenvalue weighted by Crippen LogP contribution is -2.14. The summed E-state index contributed by atoms with van der Waals surface area (Å²) in [5.74, 6) is -1.14. The minimum Gasteiger partial charge on any atom is -0.507 e. The van der Waals surface area contributed by atoms with Crippen molar-refractivity contribution < 1.29 is 28.9 Å². The van der Waals surface area contributed by atoms with Gasteiger partial charge in [-0.25, -0.2) is 4.79 Å². The summed E-state index contributed by atoms with van der Waals surface area (Å²) in [6.45, 7) is 0. The highest BCUT2D eigenvalue weighted by Crippen LogP contribution is 2.34. The average Bonchev–Trinajstić information content (AvgIpc) is 2.59. The van der Waals surface area contributed by atoms with Crippen LogP contribution in [0.15, 0.2) is 36.4 Å². The zero-order valence-electron chi connectivity index (χ0n) is 13.0. The molecule has 6 heteroatoms. The van der Waals surface area contributed by atoms with Gasteiger partial charge in [0.05, 0.1) is 32.5 Å². The normalized spacial score (nSPS) is 10.0. The van der Waals surface area contributed by atoms with Crippen molar-refractivity contribution in [3.8, 4) is 17.2 Å². The summed E-state index contributed by atoms with van der Waals surface area (Å²) < 4.78 is 15.0. The fraction of sp³-hybridized carbons (Fsp3) is 0.176. The number of carbonyl (C=O) groups is 2. The molecular weight excluding hydrogens is 300 g/mol. The van der Waals surface area contributed by atoms with Gasteiger partial charge in [0.25, 0.3) is 0 Å². The van der Waals surface area contributed by atoms with E-state index in [1.54, 1.807) is 24.3 Å². The Labute approximate surface area is 133 Å². The number of hydrogen-bond donors (Lipinski definition) is 1. The van der Waals surface area contributed by atoms with Crippen LogP contribution >= 0.6 is 0 Å². The largest absolute Gasteiger partial charge is 0.507 e. The van der Waals surface area contributed by atoms with Crippen LogP contribution in [0.3, 0.4) is 0 Å². The van der Waals surface area contributed by atoms with E-state index in [9.17, 15) is 14.7 Å². The van der Waals surface area contributed by atoms with Gasteiger partial charge in [0.2, 0.25) is 5.78 Å². The van der Waals surface area contributed by atoms with E-state index in [1.165, 1.54) is 33.5 Å². The second-order valence-corrected chi connectivity index (χ2v) is 4.56. The molecule has 0 saturated heterocycles. The van der Waals surface area contributed by atoms with Gasteiger partial charge in [-0.15, -0.1) is 0 Å². The van der Waals surface area contributed by atoms with Crippen LogP contribution in [0, 0.1) is 0 Å². The molecule has 0 aliphatic heterocycles. The molecule has 6 nitrogen and oxygen atoms in total. The predicted octanol–water partition coefficient (Wildman–Crippen LogP) is 2.43. The molecule has 0 aromatic heterocycles. The van der Waals surface area contributed by atoms with Crippen molar-refractivity contribution in [2.45, 2.75) is 0 Å². The maximum atomic E-state index is 12.9. The van der Waals surface area contributed by atoms with Gasteiger partial charge in [-0.05, 0) is 24.3 Å². The zero-order valence-corrected chi connectivity index (χ0v) is 13.0. The molecule has 0 spiro atoms. The Morgan fingerprint density at radius 1 is 0.870 bits per heavy atom. The third-order valence-corrected chi connectivity index (χ3v) is 3.33. The summed E-state index contributed by atoms with van der Waals surface area (Å²) in [5, 5.41) is 10.0. The van der Waals surface area contributed by atoms with E-state index < -0.39 is 11.8 Å². The van der Waals surface area contributed by atoms with Crippen LogP contribution < -0.4 is 9.47 Å². The van der Waals surface area contributed by atoms with Crippen molar-refractivity contribution in [2.75, 3.05) is 21.3 Å². The highest BCUT2D eigenvalue weighted by Gasteiger charge is 2.27. The molecule has 2 aromatic carbocycles. The Bertz CT molecular complexity index is 751. The van der Waals surface area contributed by atoms with Crippen molar-refractivity contribution in [1.82, 2.24) is 0 Å². The molecule has 1 N–H and O–H groups in total. The summed E-state index contributed by atoms with van der Waals surface area (Å²) >= 11 is 0. The topological polar surface area (TPSA) is 82.1 Å². The summed E-state index contributed by atoms with van der Waals surface area (Å²) in [6.07, 6.45) is 0. The number of aromatic hydroxyl groups is 1. The zero-order chi connectivity index (χ0) is 17.0. The molecule has 0 saturated carbocycles. The smallest absolute Gasteiger partial charge is 0.338 e. The highest BCUT2D eigenvalue weighted by molar-refractivity contribution is 6.18. The highest BCUT2D eigenvalue weighted by atomic mass is 16.5. The van der Waals surface area contributed by atoms with E-state index in [0.29, 0.717) is 0 Å². The van der Waals surface area contributed by atoms with E-state index in [-0.39, 0.29) is 33.9 Å². The molecule has 0 bridgehead atoms. The number of ether oxygens (including phenoxy) is 3. The lowest BCUT2D eigenvalue weighted by molar-refractivity contribution is 0.0597. The van der Waals surface area contributed by atoms with Crippen molar-refractivity contribution in [3.05, 3.63) is 53.1 Å². The minimum absolute atomic E-state index is 0.00153. The molecule has 0 amide bonds. The summed E-state index contributed by atoms with van der Waals surface area (Å²) in [7, 11) is 3.99. The van der Waals surface area contributed by atoms with Crippen LogP contribution in [0.4, 0.5) is 0 Å². The quantitative estimate of drug-likeness (QED) is 0.674. The molecule has 23 heavy (non-hydrogen) atoms. The van der Waals surface area contributed by atoms with Gasteiger partial charge in [0.15, 0.2) is 0 Å². The van der Waals surface area contributed by atoms with Gasteiger partial charge >= 0.3 is 5.97 Å². The van der Waals surface area contributed by atoms with Gasteiger partial charge in [-0.1, -0.05) is 12.1 Å². The number of esters is 1. The van der Waals surface area contributed by atoms with Gasteiger partial charge in [0, 0.05) is 0 Å². The van der Waals surface area contributed by atoms with Crippen molar-refractivity contribution in [1.29, 1.82) is 0 Å². The first-order valence-corrected chi connectivity index (χ1v) is 6.71. The van der Waals surface area contributed by atoms with Crippen LogP contribution in [0.25, 0.3) is 0 Å². The monoisotopic (exact) mass is 316 g/mol. The van der Waals surface area contributed by atoms with Gasteiger partial charge in [-0.2, -0.15) is 0 Å². The molecule has 0 radical (unpaired) electrons. The molecule has 2 aromatic rings. The van der Waals surface area contributed by atoms with E-state index in [4.69, 9.17) is 14.2 Å². The molecule has 0 unspecified atom stereocenters. The van der Waals surface area contributed by atoms with Crippen LogP contribution in [-0.2, 0) is 4.74 Å². The summed E-state index contributed by atoms with van der Waals surface area (Å²) in [4.78, 5) is 24.9. The van der Waals surface area contributed by atoms with Crippen LogP contribution in [0.5, 0.6) is 17.2 Å². The fourth-order valence-electron chi connectivity index (χ4n) is 2.26. The van der Waals surface area contributed by atoms with Gasteiger partial charge in [0.1, 0.15) is 22.8 Å². The number of carbonyl (C=O) groups excluding carboxylic acids is 2. The number of hydrogen-bond acceptors (Lipinski definition) is 6. The molecular formula is C17H16O6. The maximum absolute atomic E-state index is 12.9. The Morgan fingerprint density at radius 3 is 2.00 bits per heavy atom. The Kier molecular flexibility index (Phi) is 4.85. The lowest BCUT2D eigenvalue weighted by atomic mass is 9.96. The molecule has 0 atom stereocenters. The third kappa shape index (κ3) is 2.96. The second kappa shape index (κ2) is 6.83. The summed E-state index contributed by atoms with van der Waals surface area (Å²) in [5.41, 5.74) is -0.00606. The van der Waals surface area contributed by atoms with Gasteiger partial charge in [-0.3, -0.25) is 4.79 Å². The first-order chi connectivity index (χ1) is 11.0. The van der Waals surface area contributed by atoms with E-state index in [2.05, 4.69) is 0 Å². The standard InChI is InChI=1S/C17H16O6/c1-21-12-8-4-6-10(17(20)23-3)14(12)16(19)15-11(18)7-5-9-13(15)22-2/h4-9,18H,1-3H3. The molecule has 2 rings (SSSR count). The Morgan fingerprint density at radius 2 is 1.43 bits per heavy atom. The third-order valence-electron chi connectivity index (χ3n) is 3.33. The van der Waals surface area contributed by atoms with Crippen molar-refractivity contribution in [3.63, 3.8) is 0 Å². The Balaban J connectivity index is 2.71. The van der Waals surface area contributed by atoms with E-state index in [0.717, 1.165) is 0 Å². The summed E-state index contributed by atoms with van der Waals surface area (Å²) in [6, 6.07) is 9.03. The predicted molar refractivity (Wildman–Crippen MR) is 82.4 cm³/mol. The molecule has 0 heterocycles. The Hall–Kier alpha value is -3.02. The number of phenolic OH excluding ortho intramolecular Hbond substituents is 1. The molecule has 0 fully saturated rings. The number of rotatable bonds is 5. The average molecular weight is 316 g/mol. The number of benzene rings is 2. The first-order valence-electron chi connectivity index (χ1n) is 6.71. The number of ketones is 1. The maximum Gasteiger partial charge on any atom is 0.338 e. The second-order valence-electron chi connectivity index (χ2n) is 4.56. The number of methoxy groups -OCH3 is 3. The molecule has 0 aliphatic rings. The van der Waals surface area contributed by atoms with Gasteiger partial charge < -0.3 is 19.3 Å². The van der Waals surface area contributed by atoms with E-state index in [1.807, 2.05) is 0 Å². The van der Waals surface area contributed by atoms with Crippen LogP contribution in [0.2, 0.25) is 0 Å². The SMILES string of the molecule is COC(=O)c1cccc(OC)c1C(=O)c1c(O)cccc1OC. The number of phenols is 1. The fourth-order valence-corrected chi connectivity index (χ4v) is 2.26.